The van der Waals surface area contributed by atoms with E-state index in [0.717, 1.165) is 5.56 Å². The zero-order chi connectivity index (χ0) is 14.7. The van der Waals surface area contributed by atoms with Gasteiger partial charge in [0.15, 0.2) is 0 Å². The maximum atomic E-state index is 10.9. The number of nitrogens with two attached hydrogens (primary N) is 1. The molecule has 3 rings (SSSR count). The van der Waals surface area contributed by atoms with Gasteiger partial charge in [0.1, 0.15) is 17.7 Å². The molecular formula is C15H12N4O2. The number of para-hydroxylation sites is 1. The van der Waals surface area contributed by atoms with E-state index in [0.29, 0.717) is 22.7 Å². The Morgan fingerprint density at radius 2 is 2.05 bits per heavy atom. The lowest BCUT2D eigenvalue weighted by molar-refractivity contribution is -0.113. The minimum atomic E-state index is -0.522. The standard InChI is InChI=1S/C15H12N4O2/c16-12(20)7-6-10-8-17-14-13(10)15(19-9-18-14)21-11-4-2-1-3-5-11/h1-9H,(H2,16,20)(H,17,18,19)/b7-6+. The molecule has 0 aliphatic rings. The van der Waals surface area contributed by atoms with Crippen LogP contribution in [0.25, 0.3) is 17.1 Å². The number of H-pyrrole nitrogens is 1. The summed E-state index contributed by atoms with van der Waals surface area (Å²) in [6.07, 6.45) is 6.01. The van der Waals surface area contributed by atoms with Crippen LogP contribution in [0.4, 0.5) is 0 Å². The summed E-state index contributed by atoms with van der Waals surface area (Å²) in [7, 11) is 0. The molecule has 104 valence electrons. The zero-order valence-electron chi connectivity index (χ0n) is 11.0. The molecule has 2 heterocycles. The Kier molecular flexibility index (Phi) is 3.34. The Hall–Kier alpha value is -3.15. The third-order valence-corrected chi connectivity index (χ3v) is 2.85. The number of carbonyl (C=O) groups is 1. The van der Waals surface area contributed by atoms with Gasteiger partial charge in [0, 0.05) is 17.8 Å². The van der Waals surface area contributed by atoms with Gasteiger partial charge in [-0.3, -0.25) is 4.79 Å². The van der Waals surface area contributed by atoms with Gasteiger partial charge in [-0.15, -0.1) is 0 Å². The van der Waals surface area contributed by atoms with Crippen LogP contribution in [-0.4, -0.2) is 20.9 Å². The number of fused-ring (bicyclic) bond motifs is 1. The highest BCUT2D eigenvalue weighted by atomic mass is 16.5. The highest BCUT2D eigenvalue weighted by Gasteiger charge is 2.11. The molecule has 0 aliphatic carbocycles. The van der Waals surface area contributed by atoms with Crippen molar-refractivity contribution < 1.29 is 9.53 Å². The lowest BCUT2D eigenvalue weighted by Crippen LogP contribution is -2.05. The average molecular weight is 280 g/mol. The summed E-state index contributed by atoms with van der Waals surface area (Å²) >= 11 is 0. The van der Waals surface area contributed by atoms with E-state index in [1.807, 2.05) is 30.3 Å². The molecular weight excluding hydrogens is 268 g/mol. The van der Waals surface area contributed by atoms with Crippen molar-refractivity contribution in [2.45, 2.75) is 0 Å². The van der Waals surface area contributed by atoms with E-state index in [9.17, 15) is 4.79 Å². The molecule has 0 atom stereocenters. The summed E-state index contributed by atoms with van der Waals surface area (Å²) in [5.74, 6) is 0.562. The van der Waals surface area contributed by atoms with Crippen molar-refractivity contribution in [3.63, 3.8) is 0 Å². The summed E-state index contributed by atoms with van der Waals surface area (Å²) in [5.41, 5.74) is 6.47. The minimum Gasteiger partial charge on any atom is -0.438 e. The fraction of sp³-hybridized carbons (Fsp3) is 0. The number of aromatic amines is 1. The SMILES string of the molecule is NC(=O)/C=C/c1c[nH]c2ncnc(Oc3ccccc3)c12. The van der Waals surface area contributed by atoms with Gasteiger partial charge >= 0.3 is 0 Å². The maximum Gasteiger partial charge on any atom is 0.241 e. The summed E-state index contributed by atoms with van der Waals surface area (Å²) in [4.78, 5) is 22.2. The Bertz CT molecular complexity index is 809. The lowest BCUT2D eigenvalue weighted by Gasteiger charge is -2.05. The molecule has 2 aromatic heterocycles. The number of primary amides is 1. The molecule has 3 N–H and O–H groups in total. The number of nitrogens with zero attached hydrogens (tertiary/aromatic N) is 2. The number of benzene rings is 1. The lowest BCUT2D eigenvalue weighted by atomic mass is 10.2. The number of carbonyl (C=O) groups excluding carboxylic acids is 1. The highest BCUT2D eigenvalue weighted by Crippen LogP contribution is 2.29. The molecule has 1 aromatic carbocycles. The number of hydrogen-bond acceptors (Lipinski definition) is 4. The number of ether oxygens (including phenoxy) is 1. The molecule has 0 spiro atoms. The second-order valence-electron chi connectivity index (χ2n) is 4.30. The van der Waals surface area contributed by atoms with Crippen LogP contribution >= 0.6 is 0 Å². The van der Waals surface area contributed by atoms with Gasteiger partial charge in [0.25, 0.3) is 0 Å². The van der Waals surface area contributed by atoms with E-state index < -0.39 is 5.91 Å². The summed E-state index contributed by atoms with van der Waals surface area (Å²) in [5, 5.41) is 0.693. The maximum absolute atomic E-state index is 10.9. The van der Waals surface area contributed by atoms with Crippen molar-refractivity contribution in [3.05, 3.63) is 54.5 Å². The van der Waals surface area contributed by atoms with Crippen LogP contribution in [0.2, 0.25) is 0 Å². The van der Waals surface area contributed by atoms with Crippen molar-refractivity contribution in [2.24, 2.45) is 5.73 Å². The molecule has 6 nitrogen and oxygen atoms in total. The quantitative estimate of drug-likeness (QED) is 0.717. The third-order valence-electron chi connectivity index (χ3n) is 2.85. The molecule has 21 heavy (non-hydrogen) atoms. The first-order chi connectivity index (χ1) is 10.2. The van der Waals surface area contributed by atoms with Crippen LogP contribution in [0.15, 0.2) is 48.9 Å². The van der Waals surface area contributed by atoms with Crippen LogP contribution in [0.3, 0.4) is 0 Å². The van der Waals surface area contributed by atoms with Crippen LogP contribution in [0.5, 0.6) is 11.6 Å². The van der Waals surface area contributed by atoms with E-state index in [1.54, 1.807) is 12.3 Å². The zero-order valence-corrected chi connectivity index (χ0v) is 11.0. The van der Waals surface area contributed by atoms with E-state index >= 15 is 0 Å². The van der Waals surface area contributed by atoms with Crippen molar-refractivity contribution in [2.75, 3.05) is 0 Å². The minimum absolute atomic E-state index is 0.413. The van der Waals surface area contributed by atoms with Crippen molar-refractivity contribution in [3.8, 4) is 11.6 Å². The molecule has 0 fully saturated rings. The van der Waals surface area contributed by atoms with Crippen LogP contribution in [-0.2, 0) is 4.79 Å². The van der Waals surface area contributed by atoms with E-state index in [4.69, 9.17) is 10.5 Å². The number of rotatable bonds is 4. The van der Waals surface area contributed by atoms with Gasteiger partial charge in [-0.25, -0.2) is 9.97 Å². The second-order valence-corrected chi connectivity index (χ2v) is 4.30. The van der Waals surface area contributed by atoms with Crippen molar-refractivity contribution in [1.29, 1.82) is 0 Å². The van der Waals surface area contributed by atoms with Gasteiger partial charge < -0.3 is 15.5 Å². The smallest absolute Gasteiger partial charge is 0.241 e. The molecule has 6 heteroatoms. The number of amides is 1. The van der Waals surface area contributed by atoms with E-state index in [2.05, 4.69) is 15.0 Å². The average Bonchev–Trinajstić information content (AvgIpc) is 2.90. The first-order valence-electron chi connectivity index (χ1n) is 6.26. The van der Waals surface area contributed by atoms with Crippen molar-refractivity contribution in [1.82, 2.24) is 15.0 Å². The normalized spacial score (nSPS) is 11.0. The van der Waals surface area contributed by atoms with Gasteiger partial charge in [-0.2, -0.15) is 0 Å². The first-order valence-corrected chi connectivity index (χ1v) is 6.26. The van der Waals surface area contributed by atoms with Crippen LogP contribution in [0.1, 0.15) is 5.56 Å². The van der Waals surface area contributed by atoms with Gasteiger partial charge in [0.2, 0.25) is 11.8 Å². The largest absolute Gasteiger partial charge is 0.438 e. The van der Waals surface area contributed by atoms with E-state index in [1.165, 1.54) is 12.4 Å². The molecule has 0 saturated heterocycles. The fourth-order valence-corrected chi connectivity index (χ4v) is 1.94. The predicted molar refractivity (Wildman–Crippen MR) is 78.6 cm³/mol. The van der Waals surface area contributed by atoms with Crippen LogP contribution < -0.4 is 10.5 Å². The van der Waals surface area contributed by atoms with E-state index in [-0.39, 0.29) is 0 Å². The topological polar surface area (TPSA) is 93.9 Å². The Labute approximate surface area is 120 Å². The second kappa shape index (κ2) is 5.46. The first kappa shape index (κ1) is 12.9. The Morgan fingerprint density at radius 3 is 2.81 bits per heavy atom. The molecule has 3 aromatic rings. The number of hydrogen-bond donors (Lipinski definition) is 2. The predicted octanol–water partition coefficient (Wildman–Crippen LogP) is 2.25. The van der Waals surface area contributed by atoms with Crippen LogP contribution in [0, 0.1) is 0 Å². The summed E-state index contributed by atoms with van der Waals surface area (Å²) < 4.78 is 5.78. The summed E-state index contributed by atoms with van der Waals surface area (Å²) in [6.45, 7) is 0. The highest BCUT2D eigenvalue weighted by molar-refractivity contribution is 5.96. The summed E-state index contributed by atoms with van der Waals surface area (Å²) in [6, 6.07) is 9.32. The fourth-order valence-electron chi connectivity index (χ4n) is 1.94. The van der Waals surface area contributed by atoms with Gasteiger partial charge in [-0.1, -0.05) is 18.2 Å². The number of aromatic nitrogens is 3. The molecule has 0 saturated carbocycles. The van der Waals surface area contributed by atoms with Gasteiger partial charge in [0.05, 0.1) is 5.39 Å². The number of nitrogens with one attached hydrogen (secondary N) is 1. The van der Waals surface area contributed by atoms with Gasteiger partial charge in [-0.05, 0) is 18.2 Å². The Balaban J connectivity index is 2.06. The third kappa shape index (κ3) is 2.74. The molecule has 0 unspecified atom stereocenters. The molecule has 0 aliphatic heterocycles. The molecule has 0 bridgehead atoms. The monoisotopic (exact) mass is 280 g/mol. The molecule has 0 radical (unpaired) electrons. The molecule has 1 amide bonds. The van der Waals surface area contributed by atoms with Crippen molar-refractivity contribution >= 4 is 23.0 Å². The Morgan fingerprint density at radius 1 is 1.24 bits per heavy atom.